The molecule has 0 N–H and O–H groups in total. The molecule has 8 heteroatoms. The Morgan fingerprint density at radius 3 is 2.00 bits per heavy atom. The summed E-state index contributed by atoms with van der Waals surface area (Å²) in [5, 5.41) is 15.8. The van der Waals surface area contributed by atoms with Gasteiger partial charge in [-0.05, 0) is 24.1 Å². The topological polar surface area (TPSA) is 98.3 Å². The van der Waals surface area contributed by atoms with Crippen LogP contribution in [0.2, 0.25) is 0 Å². The number of aromatic nitrogens is 2. The van der Waals surface area contributed by atoms with Crippen molar-refractivity contribution < 1.29 is 9.72 Å². The molecule has 0 radical (unpaired) electrons. The largest absolute Gasteiger partial charge is 0.328 e. The van der Waals surface area contributed by atoms with E-state index in [0.717, 1.165) is 11.1 Å². The lowest BCUT2D eigenvalue weighted by Crippen LogP contribution is -2.35. The number of carbonyl (C=O) groups is 1. The predicted octanol–water partition coefficient (Wildman–Crippen LogP) is 4.29. The lowest BCUT2D eigenvalue weighted by molar-refractivity contribution is -0.384. The Balaban J connectivity index is 1.78. The number of rotatable bonds is 7. The molecule has 0 atom stereocenters. The number of amides is 1. The Kier molecular flexibility index (Phi) is 6.59. The van der Waals surface area contributed by atoms with E-state index in [9.17, 15) is 19.7 Å². The third-order valence-corrected chi connectivity index (χ3v) is 5.34. The molecule has 4 aromatic rings. The van der Waals surface area contributed by atoms with Gasteiger partial charge in [0.15, 0.2) is 5.69 Å². The number of benzene rings is 3. The monoisotopic (exact) mass is 454 g/mol. The Morgan fingerprint density at radius 2 is 1.44 bits per heavy atom. The lowest BCUT2D eigenvalue weighted by atomic mass is 10.1. The molecule has 0 spiro atoms. The van der Waals surface area contributed by atoms with Gasteiger partial charge in [0.2, 0.25) is 5.43 Å². The van der Waals surface area contributed by atoms with E-state index >= 15 is 0 Å². The van der Waals surface area contributed by atoms with Gasteiger partial charge < -0.3 is 4.90 Å². The maximum absolute atomic E-state index is 13.6. The summed E-state index contributed by atoms with van der Waals surface area (Å²) in [5.74, 6) is -0.551. The molecule has 0 bridgehead atoms. The van der Waals surface area contributed by atoms with Gasteiger partial charge in [-0.3, -0.25) is 19.7 Å². The summed E-state index contributed by atoms with van der Waals surface area (Å²) in [6, 6.07) is 26.3. The molecule has 4 rings (SSSR count). The zero-order valence-electron chi connectivity index (χ0n) is 18.5. The Hall–Kier alpha value is -4.59. The van der Waals surface area contributed by atoms with Gasteiger partial charge in [0, 0.05) is 30.9 Å². The van der Waals surface area contributed by atoms with Gasteiger partial charge in [0.1, 0.15) is 5.69 Å². The van der Waals surface area contributed by atoms with E-state index in [4.69, 9.17) is 0 Å². The van der Waals surface area contributed by atoms with Crippen LogP contribution in [-0.2, 0) is 13.1 Å². The van der Waals surface area contributed by atoms with Crippen molar-refractivity contribution in [1.29, 1.82) is 0 Å². The summed E-state index contributed by atoms with van der Waals surface area (Å²) in [7, 11) is 0. The van der Waals surface area contributed by atoms with Crippen LogP contribution in [0, 0.1) is 17.0 Å². The minimum atomic E-state index is -0.551. The molecule has 0 aliphatic carbocycles. The van der Waals surface area contributed by atoms with Crippen molar-refractivity contribution in [1.82, 2.24) is 14.7 Å². The van der Waals surface area contributed by atoms with Gasteiger partial charge >= 0.3 is 0 Å². The molecule has 1 aromatic heterocycles. The third-order valence-electron chi connectivity index (χ3n) is 5.34. The molecule has 0 aliphatic rings. The number of para-hydroxylation sites is 2. The summed E-state index contributed by atoms with van der Waals surface area (Å²) in [6.45, 7) is 2.16. The van der Waals surface area contributed by atoms with Crippen molar-refractivity contribution in [2.75, 3.05) is 0 Å². The van der Waals surface area contributed by atoms with Crippen LogP contribution >= 0.6 is 0 Å². The molecule has 8 nitrogen and oxygen atoms in total. The number of nitrogens with zero attached hydrogens (tertiary/aromatic N) is 4. The maximum Gasteiger partial charge on any atom is 0.294 e. The van der Waals surface area contributed by atoms with Crippen LogP contribution in [0.25, 0.3) is 5.69 Å². The highest BCUT2D eigenvalue weighted by Gasteiger charge is 2.24. The van der Waals surface area contributed by atoms with Crippen molar-refractivity contribution in [3.8, 4) is 5.69 Å². The van der Waals surface area contributed by atoms with Crippen LogP contribution in [0.3, 0.4) is 0 Å². The predicted molar refractivity (Wildman–Crippen MR) is 128 cm³/mol. The van der Waals surface area contributed by atoms with E-state index in [0.29, 0.717) is 5.69 Å². The van der Waals surface area contributed by atoms with Crippen LogP contribution in [0.4, 0.5) is 5.69 Å². The Morgan fingerprint density at radius 1 is 0.912 bits per heavy atom. The number of hydrogen-bond acceptors (Lipinski definition) is 5. The Bertz CT molecular complexity index is 1340. The van der Waals surface area contributed by atoms with Crippen LogP contribution in [0.1, 0.15) is 27.3 Å². The van der Waals surface area contributed by atoms with E-state index in [-0.39, 0.29) is 30.2 Å². The Labute approximate surface area is 195 Å². The zero-order valence-corrected chi connectivity index (χ0v) is 18.5. The number of nitro groups is 1. The summed E-state index contributed by atoms with van der Waals surface area (Å²) in [5.41, 5.74) is 1.35. The van der Waals surface area contributed by atoms with Gasteiger partial charge in [-0.1, -0.05) is 72.8 Å². The van der Waals surface area contributed by atoms with Crippen molar-refractivity contribution in [3.63, 3.8) is 0 Å². The van der Waals surface area contributed by atoms with E-state index in [1.54, 1.807) is 24.0 Å². The number of aryl methyl sites for hydroxylation is 1. The maximum atomic E-state index is 13.6. The van der Waals surface area contributed by atoms with Crippen molar-refractivity contribution in [3.05, 3.63) is 134 Å². The molecule has 1 heterocycles. The van der Waals surface area contributed by atoms with E-state index in [1.165, 1.54) is 22.9 Å². The molecule has 34 heavy (non-hydrogen) atoms. The van der Waals surface area contributed by atoms with Crippen molar-refractivity contribution in [2.45, 2.75) is 20.0 Å². The van der Waals surface area contributed by atoms with Gasteiger partial charge in [-0.2, -0.15) is 5.10 Å². The fourth-order valence-corrected chi connectivity index (χ4v) is 3.69. The first kappa shape index (κ1) is 22.6. The molecule has 0 aliphatic heterocycles. The van der Waals surface area contributed by atoms with Crippen LogP contribution in [0.15, 0.2) is 95.8 Å². The first-order valence-corrected chi connectivity index (χ1v) is 10.7. The third kappa shape index (κ3) is 4.91. The van der Waals surface area contributed by atoms with Gasteiger partial charge in [-0.15, -0.1) is 0 Å². The zero-order chi connectivity index (χ0) is 24.1. The average molecular weight is 454 g/mol. The smallest absolute Gasteiger partial charge is 0.294 e. The molecular formula is C26H22N4O4. The highest BCUT2D eigenvalue weighted by molar-refractivity contribution is 5.92. The van der Waals surface area contributed by atoms with Gasteiger partial charge in [-0.25, -0.2) is 4.68 Å². The first-order valence-electron chi connectivity index (χ1n) is 10.7. The fourth-order valence-electron chi connectivity index (χ4n) is 3.69. The molecule has 0 fully saturated rings. The number of nitro benzene ring substituents is 1. The highest BCUT2D eigenvalue weighted by Crippen LogP contribution is 2.22. The summed E-state index contributed by atoms with van der Waals surface area (Å²) >= 11 is 0. The molecular weight excluding hydrogens is 432 g/mol. The molecule has 1 amide bonds. The fraction of sp³-hybridized carbons (Fsp3) is 0.115. The van der Waals surface area contributed by atoms with Crippen LogP contribution in [0.5, 0.6) is 0 Å². The molecule has 0 saturated heterocycles. The number of carbonyl (C=O) groups excluding carboxylic acids is 1. The second kappa shape index (κ2) is 9.91. The first-order chi connectivity index (χ1) is 16.4. The normalized spacial score (nSPS) is 10.6. The van der Waals surface area contributed by atoms with Crippen LogP contribution < -0.4 is 5.43 Å². The minimum absolute atomic E-state index is 0.175. The van der Waals surface area contributed by atoms with Gasteiger partial charge in [0.05, 0.1) is 4.92 Å². The van der Waals surface area contributed by atoms with Gasteiger partial charge in [0.25, 0.3) is 11.6 Å². The standard InChI is InChI=1S/C26H22N4O4/c1-19-16-24(31)25(27-29(19)22-14-8-9-15-23(22)30(33)34)26(32)28(17-20-10-4-2-5-11-20)18-21-12-6-3-7-13-21/h2-16H,17-18H2,1H3. The summed E-state index contributed by atoms with van der Waals surface area (Å²) in [4.78, 5) is 39.0. The second-order valence-electron chi connectivity index (χ2n) is 7.79. The van der Waals surface area contributed by atoms with Crippen LogP contribution in [-0.4, -0.2) is 25.5 Å². The average Bonchev–Trinajstić information content (AvgIpc) is 2.84. The van der Waals surface area contributed by atoms with E-state index < -0.39 is 16.3 Å². The molecule has 3 aromatic carbocycles. The number of hydrogen-bond donors (Lipinski definition) is 0. The minimum Gasteiger partial charge on any atom is -0.328 e. The highest BCUT2D eigenvalue weighted by atomic mass is 16.6. The van der Waals surface area contributed by atoms with E-state index in [2.05, 4.69) is 5.10 Å². The van der Waals surface area contributed by atoms with E-state index in [1.807, 2.05) is 60.7 Å². The van der Waals surface area contributed by atoms with Crippen molar-refractivity contribution >= 4 is 11.6 Å². The van der Waals surface area contributed by atoms with Crippen molar-refractivity contribution in [2.24, 2.45) is 0 Å². The quantitative estimate of drug-likeness (QED) is 0.306. The summed E-state index contributed by atoms with van der Waals surface area (Å²) < 4.78 is 1.27. The lowest BCUT2D eigenvalue weighted by Gasteiger charge is -2.23. The summed E-state index contributed by atoms with van der Waals surface area (Å²) in [6.07, 6.45) is 0. The molecule has 0 saturated carbocycles. The molecule has 170 valence electrons. The molecule has 0 unspecified atom stereocenters. The second-order valence-corrected chi connectivity index (χ2v) is 7.79. The SMILES string of the molecule is Cc1cc(=O)c(C(=O)N(Cc2ccccc2)Cc2ccccc2)nn1-c1ccccc1[N+](=O)[O-].